The Kier molecular flexibility index (Phi) is 8.47. The van der Waals surface area contributed by atoms with Crippen molar-refractivity contribution in [3.63, 3.8) is 0 Å². The van der Waals surface area contributed by atoms with E-state index in [0.29, 0.717) is 18.2 Å². The first-order valence-corrected chi connectivity index (χ1v) is 8.03. The summed E-state index contributed by atoms with van der Waals surface area (Å²) in [6.07, 6.45) is 4.11. The van der Waals surface area contributed by atoms with Crippen molar-refractivity contribution < 1.29 is 8.42 Å². The molecular formula is C10H22ClNO2S. The molecule has 1 unspecified atom stereocenters. The molecular weight excluding hydrogens is 234 g/mol. The molecule has 0 radical (unpaired) electrons. The van der Waals surface area contributed by atoms with Crippen LogP contribution in [0.25, 0.3) is 0 Å². The smallest absolute Gasteiger partial charge is 0.147 e. The molecule has 92 valence electrons. The fraction of sp³-hybridized carbons (Fsp3) is 1.00. The Morgan fingerprint density at radius 1 is 1.40 bits per heavy atom. The third kappa shape index (κ3) is 10.5. The molecule has 5 heteroatoms. The second-order valence-corrected chi connectivity index (χ2v) is 6.58. The van der Waals surface area contributed by atoms with Crippen LogP contribution in [-0.2, 0) is 9.84 Å². The van der Waals surface area contributed by atoms with Crippen molar-refractivity contribution in [2.45, 2.75) is 26.2 Å². The molecule has 0 aromatic rings. The maximum Gasteiger partial charge on any atom is 0.147 e. The van der Waals surface area contributed by atoms with Gasteiger partial charge in [0.05, 0.1) is 5.75 Å². The average molecular weight is 256 g/mol. The first kappa shape index (κ1) is 15.2. The van der Waals surface area contributed by atoms with E-state index in [2.05, 4.69) is 12.2 Å². The summed E-state index contributed by atoms with van der Waals surface area (Å²) in [7, 11) is -2.80. The van der Waals surface area contributed by atoms with E-state index in [1.54, 1.807) is 0 Å². The Labute approximate surface area is 98.5 Å². The van der Waals surface area contributed by atoms with Crippen molar-refractivity contribution in [2.75, 3.05) is 31.0 Å². The van der Waals surface area contributed by atoms with Crippen LogP contribution in [0.5, 0.6) is 0 Å². The standard InChI is InChI=1S/C10H22ClNO2S/c1-3-10(5-6-11)9-12-7-4-8-15(2,13)14/h10,12H,3-9H2,1-2H3. The molecule has 0 aliphatic carbocycles. The zero-order chi connectivity index (χ0) is 11.7. The lowest BCUT2D eigenvalue weighted by Gasteiger charge is -2.13. The molecule has 0 heterocycles. The molecule has 1 atom stereocenters. The lowest BCUT2D eigenvalue weighted by Crippen LogP contribution is -2.25. The van der Waals surface area contributed by atoms with Gasteiger partial charge in [-0.2, -0.15) is 0 Å². The van der Waals surface area contributed by atoms with E-state index in [0.717, 1.165) is 25.9 Å². The Hall–Kier alpha value is 0.200. The van der Waals surface area contributed by atoms with Gasteiger partial charge in [-0.25, -0.2) is 8.42 Å². The van der Waals surface area contributed by atoms with Gasteiger partial charge in [0.1, 0.15) is 9.84 Å². The van der Waals surface area contributed by atoms with Crippen LogP contribution in [0, 0.1) is 5.92 Å². The highest BCUT2D eigenvalue weighted by Gasteiger charge is 2.05. The van der Waals surface area contributed by atoms with Crippen LogP contribution in [-0.4, -0.2) is 39.4 Å². The van der Waals surface area contributed by atoms with Crippen LogP contribution in [0.15, 0.2) is 0 Å². The molecule has 0 spiro atoms. The minimum Gasteiger partial charge on any atom is -0.316 e. The quantitative estimate of drug-likeness (QED) is 0.504. The van der Waals surface area contributed by atoms with Crippen LogP contribution >= 0.6 is 11.6 Å². The molecule has 0 amide bonds. The number of hydrogen-bond acceptors (Lipinski definition) is 3. The van der Waals surface area contributed by atoms with Gasteiger partial charge >= 0.3 is 0 Å². The number of rotatable bonds is 9. The lowest BCUT2D eigenvalue weighted by atomic mass is 10.0. The molecule has 3 nitrogen and oxygen atoms in total. The van der Waals surface area contributed by atoms with E-state index >= 15 is 0 Å². The maximum atomic E-state index is 10.8. The molecule has 15 heavy (non-hydrogen) atoms. The van der Waals surface area contributed by atoms with E-state index in [9.17, 15) is 8.42 Å². The summed E-state index contributed by atoms with van der Waals surface area (Å²) in [4.78, 5) is 0. The molecule has 0 aromatic heterocycles. The van der Waals surface area contributed by atoms with Crippen LogP contribution in [0.1, 0.15) is 26.2 Å². The highest BCUT2D eigenvalue weighted by molar-refractivity contribution is 7.90. The number of alkyl halides is 1. The van der Waals surface area contributed by atoms with Crippen molar-refractivity contribution >= 4 is 21.4 Å². The van der Waals surface area contributed by atoms with Crippen LogP contribution in [0.2, 0.25) is 0 Å². The van der Waals surface area contributed by atoms with Crippen LogP contribution in [0.3, 0.4) is 0 Å². The fourth-order valence-corrected chi connectivity index (χ4v) is 2.35. The Balaban J connectivity index is 3.44. The molecule has 0 rings (SSSR count). The summed E-state index contributed by atoms with van der Waals surface area (Å²) in [6.45, 7) is 3.86. The zero-order valence-corrected chi connectivity index (χ0v) is 11.2. The zero-order valence-electron chi connectivity index (χ0n) is 9.63. The molecule has 0 saturated carbocycles. The predicted molar refractivity (Wildman–Crippen MR) is 66.3 cm³/mol. The van der Waals surface area contributed by atoms with Gasteiger partial charge in [-0.15, -0.1) is 11.6 Å². The van der Waals surface area contributed by atoms with E-state index < -0.39 is 9.84 Å². The molecule has 0 bridgehead atoms. The normalized spacial score (nSPS) is 14.1. The minimum atomic E-state index is -2.80. The number of nitrogens with one attached hydrogen (secondary N) is 1. The maximum absolute atomic E-state index is 10.8. The van der Waals surface area contributed by atoms with E-state index in [-0.39, 0.29) is 5.75 Å². The second kappa shape index (κ2) is 8.36. The Bertz CT molecular complexity index is 242. The van der Waals surface area contributed by atoms with Gasteiger partial charge in [0.15, 0.2) is 0 Å². The summed E-state index contributed by atoms with van der Waals surface area (Å²) in [5, 5.41) is 3.27. The van der Waals surface area contributed by atoms with Gasteiger partial charge in [0.2, 0.25) is 0 Å². The van der Waals surface area contributed by atoms with Gasteiger partial charge in [-0.3, -0.25) is 0 Å². The highest BCUT2D eigenvalue weighted by atomic mass is 35.5. The number of halogens is 1. The van der Waals surface area contributed by atoms with E-state index in [1.807, 2.05) is 0 Å². The van der Waals surface area contributed by atoms with Gasteiger partial charge < -0.3 is 5.32 Å². The molecule has 0 aliphatic rings. The molecule has 0 saturated heterocycles. The summed E-state index contributed by atoms with van der Waals surface area (Å²) in [6, 6.07) is 0. The first-order chi connectivity index (χ1) is 6.99. The average Bonchev–Trinajstić information content (AvgIpc) is 2.14. The third-order valence-corrected chi connectivity index (χ3v) is 3.64. The van der Waals surface area contributed by atoms with Gasteiger partial charge in [0, 0.05) is 12.1 Å². The summed E-state index contributed by atoms with van der Waals surface area (Å²) in [5.41, 5.74) is 0. The largest absolute Gasteiger partial charge is 0.316 e. The summed E-state index contributed by atoms with van der Waals surface area (Å²) >= 11 is 5.67. The number of hydrogen-bond donors (Lipinski definition) is 1. The van der Waals surface area contributed by atoms with Crippen molar-refractivity contribution in [2.24, 2.45) is 5.92 Å². The van der Waals surface area contributed by atoms with Crippen molar-refractivity contribution in [1.29, 1.82) is 0 Å². The van der Waals surface area contributed by atoms with Gasteiger partial charge in [-0.05, 0) is 31.8 Å². The number of sulfone groups is 1. The van der Waals surface area contributed by atoms with Crippen LogP contribution in [0.4, 0.5) is 0 Å². The topological polar surface area (TPSA) is 46.2 Å². The predicted octanol–water partition coefficient (Wildman–Crippen LogP) is 1.67. The van der Waals surface area contributed by atoms with Gasteiger partial charge in [-0.1, -0.05) is 13.3 Å². The molecule has 1 N–H and O–H groups in total. The van der Waals surface area contributed by atoms with Crippen LogP contribution < -0.4 is 5.32 Å². The summed E-state index contributed by atoms with van der Waals surface area (Å²) < 4.78 is 21.7. The highest BCUT2D eigenvalue weighted by Crippen LogP contribution is 2.07. The van der Waals surface area contributed by atoms with E-state index in [4.69, 9.17) is 11.6 Å². The van der Waals surface area contributed by atoms with Gasteiger partial charge in [0.25, 0.3) is 0 Å². The van der Waals surface area contributed by atoms with Crippen molar-refractivity contribution in [3.05, 3.63) is 0 Å². The molecule has 0 fully saturated rings. The lowest BCUT2D eigenvalue weighted by molar-refractivity contribution is 0.452. The monoisotopic (exact) mass is 255 g/mol. The first-order valence-electron chi connectivity index (χ1n) is 5.44. The molecule has 0 aromatic carbocycles. The van der Waals surface area contributed by atoms with E-state index in [1.165, 1.54) is 6.26 Å². The second-order valence-electron chi connectivity index (χ2n) is 3.94. The van der Waals surface area contributed by atoms with Crippen molar-refractivity contribution in [1.82, 2.24) is 5.32 Å². The SMILES string of the molecule is CCC(CCCl)CNCCCS(C)(=O)=O. The minimum absolute atomic E-state index is 0.270. The van der Waals surface area contributed by atoms with Crippen molar-refractivity contribution in [3.8, 4) is 0 Å². The Morgan fingerprint density at radius 3 is 2.53 bits per heavy atom. The third-order valence-electron chi connectivity index (χ3n) is 2.40. The fourth-order valence-electron chi connectivity index (χ4n) is 1.37. The Morgan fingerprint density at radius 2 is 2.07 bits per heavy atom. The molecule has 0 aliphatic heterocycles. The summed E-state index contributed by atoms with van der Waals surface area (Å²) in [5.74, 6) is 1.58.